The van der Waals surface area contributed by atoms with Gasteiger partial charge in [-0.15, -0.1) is 24.0 Å². The normalized spacial score (nSPS) is 12.4. The van der Waals surface area contributed by atoms with Crippen molar-refractivity contribution in [2.45, 2.75) is 33.7 Å². The Kier molecular flexibility index (Phi) is 12.4. The van der Waals surface area contributed by atoms with Gasteiger partial charge < -0.3 is 20.1 Å². The largest absolute Gasteiger partial charge is 0.493 e. The minimum Gasteiger partial charge on any atom is -0.493 e. The Morgan fingerprint density at radius 2 is 1.88 bits per heavy atom. The number of anilines is 1. The molecular formula is C18H33IN4O2. The Morgan fingerprint density at radius 1 is 1.20 bits per heavy atom. The predicted molar refractivity (Wildman–Crippen MR) is 117 cm³/mol. The number of hydrogen-bond donors (Lipinski definition) is 2. The Morgan fingerprint density at radius 3 is 2.40 bits per heavy atom. The SMILES string of the molecule is CCOc1cc(NC(=NC)NCC(C)N(CC)CC)ccc1OC.I. The highest BCUT2D eigenvalue weighted by Crippen LogP contribution is 2.30. The van der Waals surface area contributed by atoms with Crippen LogP contribution in [0.15, 0.2) is 23.2 Å². The number of rotatable bonds is 9. The second-order valence-electron chi connectivity index (χ2n) is 5.45. The van der Waals surface area contributed by atoms with E-state index in [1.807, 2.05) is 25.1 Å². The maximum Gasteiger partial charge on any atom is 0.195 e. The third-order valence-electron chi connectivity index (χ3n) is 3.95. The molecule has 144 valence electrons. The van der Waals surface area contributed by atoms with Gasteiger partial charge in [0.2, 0.25) is 0 Å². The smallest absolute Gasteiger partial charge is 0.195 e. The summed E-state index contributed by atoms with van der Waals surface area (Å²) in [4.78, 5) is 6.69. The first-order valence-electron chi connectivity index (χ1n) is 8.62. The van der Waals surface area contributed by atoms with Gasteiger partial charge in [-0.3, -0.25) is 9.89 Å². The van der Waals surface area contributed by atoms with Gasteiger partial charge in [-0.25, -0.2) is 0 Å². The molecule has 1 aromatic rings. The van der Waals surface area contributed by atoms with Crippen molar-refractivity contribution in [2.24, 2.45) is 4.99 Å². The molecule has 0 aliphatic carbocycles. The molecule has 0 saturated heterocycles. The highest BCUT2D eigenvalue weighted by molar-refractivity contribution is 14.0. The molecule has 1 unspecified atom stereocenters. The van der Waals surface area contributed by atoms with E-state index in [0.29, 0.717) is 12.6 Å². The molecule has 0 amide bonds. The molecule has 0 aliphatic heterocycles. The topological polar surface area (TPSA) is 58.1 Å². The summed E-state index contributed by atoms with van der Waals surface area (Å²) in [5.41, 5.74) is 0.905. The second-order valence-corrected chi connectivity index (χ2v) is 5.45. The number of methoxy groups -OCH3 is 1. The summed E-state index contributed by atoms with van der Waals surface area (Å²) in [7, 11) is 3.41. The molecule has 0 spiro atoms. The summed E-state index contributed by atoms with van der Waals surface area (Å²) >= 11 is 0. The lowest BCUT2D eigenvalue weighted by atomic mass is 10.2. The van der Waals surface area contributed by atoms with Crippen molar-refractivity contribution in [3.8, 4) is 11.5 Å². The third kappa shape index (κ3) is 7.68. The standard InChI is InChI=1S/C18H32N4O2.HI/c1-7-22(8-2)14(4)13-20-18(19-5)21-15-10-11-16(23-6)17(12-15)24-9-3;/h10-12,14H,7-9,13H2,1-6H3,(H2,19,20,21);1H. The Labute approximate surface area is 169 Å². The molecule has 1 atom stereocenters. The zero-order valence-electron chi connectivity index (χ0n) is 16.3. The summed E-state index contributed by atoms with van der Waals surface area (Å²) in [5, 5.41) is 6.67. The van der Waals surface area contributed by atoms with Crippen LogP contribution >= 0.6 is 24.0 Å². The van der Waals surface area contributed by atoms with Gasteiger partial charge in [-0.05, 0) is 39.1 Å². The van der Waals surface area contributed by atoms with Crippen molar-refractivity contribution in [2.75, 3.05) is 45.7 Å². The van der Waals surface area contributed by atoms with Crippen LogP contribution in [0.4, 0.5) is 5.69 Å². The lowest BCUT2D eigenvalue weighted by molar-refractivity contribution is 0.232. The summed E-state index contributed by atoms with van der Waals surface area (Å²) in [5.74, 6) is 2.18. The summed E-state index contributed by atoms with van der Waals surface area (Å²) in [6, 6.07) is 6.19. The van der Waals surface area contributed by atoms with Crippen molar-refractivity contribution >= 4 is 35.6 Å². The summed E-state index contributed by atoms with van der Waals surface area (Å²) in [6.45, 7) is 12.0. The van der Waals surface area contributed by atoms with Crippen molar-refractivity contribution < 1.29 is 9.47 Å². The van der Waals surface area contributed by atoms with Gasteiger partial charge in [0.1, 0.15) is 0 Å². The summed E-state index contributed by atoms with van der Waals surface area (Å²) < 4.78 is 10.9. The van der Waals surface area contributed by atoms with Crippen LogP contribution in [-0.4, -0.2) is 57.3 Å². The monoisotopic (exact) mass is 464 g/mol. The fraction of sp³-hybridized carbons (Fsp3) is 0.611. The van der Waals surface area contributed by atoms with Crippen LogP contribution in [0.25, 0.3) is 0 Å². The molecule has 25 heavy (non-hydrogen) atoms. The average Bonchev–Trinajstić information content (AvgIpc) is 2.60. The number of ether oxygens (including phenoxy) is 2. The molecule has 0 fully saturated rings. The third-order valence-corrected chi connectivity index (χ3v) is 3.95. The highest BCUT2D eigenvalue weighted by atomic mass is 127. The lowest BCUT2D eigenvalue weighted by Gasteiger charge is -2.27. The van der Waals surface area contributed by atoms with E-state index in [-0.39, 0.29) is 24.0 Å². The maximum absolute atomic E-state index is 5.61. The molecule has 0 aromatic heterocycles. The molecule has 7 heteroatoms. The molecule has 2 N–H and O–H groups in total. The Hall–Kier alpha value is -1.22. The predicted octanol–water partition coefficient (Wildman–Crippen LogP) is 3.43. The number of hydrogen-bond acceptors (Lipinski definition) is 4. The Balaban J connectivity index is 0.00000576. The number of halogens is 1. The van der Waals surface area contributed by atoms with Crippen molar-refractivity contribution in [1.82, 2.24) is 10.2 Å². The van der Waals surface area contributed by atoms with Crippen LogP contribution in [0, 0.1) is 0 Å². The minimum absolute atomic E-state index is 0. The molecular weight excluding hydrogens is 431 g/mol. The van der Waals surface area contributed by atoms with Crippen LogP contribution in [0.1, 0.15) is 27.7 Å². The van der Waals surface area contributed by atoms with Crippen LogP contribution < -0.4 is 20.1 Å². The first kappa shape index (κ1) is 23.8. The maximum atomic E-state index is 5.61. The van der Waals surface area contributed by atoms with E-state index in [4.69, 9.17) is 9.47 Å². The highest BCUT2D eigenvalue weighted by Gasteiger charge is 2.11. The first-order chi connectivity index (χ1) is 11.6. The zero-order chi connectivity index (χ0) is 17.9. The van der Waals surface area contributed by atoms with E-state index >= 15 is 0 Å². The zero-order valence-corrected chi connectivity index (χ0v) is 18.6. The minimum atomic E-state index is 0. The number of likely N-dealkylation sites (N-methyl/N-ethyl adjacent to an activating group) is 1. The van der Waals surface area contributed by atoms with Crippen molar-refractivity contribution in [3.63, 3.8) is 0 Å². The molecule has 1 rings (SSSR count). The van der Waals surface area contributed by atoms with E-state index in [2.05, 4.69) is 41.3 Å². The fourth-order valence-electron chi connectivity index (χ4n) is 2.56. The molecule has 0 radical (unpaired) electrons. The average molecular weight is 464 g/mol. The van der Waals surface area contributed by atoms with Crippen molar-refractivity contribution in [1.29, 1.82) is 0 Å². The van der Waals surface area contributed by atoms with Gasteiger partial charge in [-0.2, -0.15) is 0 Å². The quantitative estimate of drug-likeness (QED) is 0.333. The fourth-order valence-corrected chi connectivity index (χ4v) is 2.56. The molecule has 1 aromatic carbocycles. The van der Waals surface area contributed by atoms with Gasteiger partial charge in [0, 0.05) is 31.4 Å². The number of nitrogens with one attached hydrogen (secondary N) is 2. The van der Waals surface area contributed by atoms with Gasteiger partial charge in [0.05, 0.1) is 13.7 Å². The van der Waals surface area contributed by atoms with E-state index in [0.717, 1.165) is 42.8 Å². The van der Waals surface area contributed by atoms with Crippen LogP contribution in [-0.2, 0) is 0 Å². The molecule has 0 heterocycles. The number of guanidine groups is 1. The Bertz CT molecular complexity index is 522. The van der Waals surface area contributed by atoms with Crippen LogP contribution in [0.5, 0.6) is 11.5 Å². The van der Waals surface area contributed by atoms with Gasteiger partial charge in [-0.1, -0.05) is 13.8 Å². The van der Waals surface area contributed by atoms with Crippen molar-refractivity contribution in [3.05, 3.63) is 18.2 Å². The van der Waals surface area contributed by atoms with E-state index in [1.54, 1.807) is 14.2 Å². The molecule has 0 bridgehead atoms. The lowest BCUT2D eigenvalue weighted by Crippen LogP contribution is -2.43. The number of nitrogens with zero attached hydrogens (tertiary/aromatic N) is 2. The van der Waals surface area contributed by atoms with Crippen LogP contribution in [0.2, 0.25) is 0 Å². The van der Waals surface area contributed by atoms with Gasteiger partial charge in [0.15, 0.2) is 17.5 Å². The van der Waals surface area contributed by atoms with Crippen LogP contribution in [0.3, 0.4) is 0 Å². The molecule has 6 nitrogen and oxygen atoms in total. The molecule has 0 aliphatic rings. The van der Waals surface area contributed by atoms with E-state index in [9.17, 15) is 0 Å². The summed E-state index contributed by atoms with van der Waals surface area (Å²) in [6.07, 6.45) is 0. The first-order valence-corrected chi connectivity index (χ1v) is 8.62. The molecule has 0 saturated carbocycles. The van der Waals surface area contributed by atoms with E-state index in [1.165, 1.54) is 0 Å². The van der Waals surface area contributed by atoms with Gasteiger partial charge in [0.25, 0.3) is 0 Å². The second kappa shape index (κ2) is 13.0. The van der Waals surface area contributed by atoms with Gasteiger partial charge >= 0.3 is 0 Å². The number of aliphatic imine (C=N–C) groups is 1. The van der Waals surface area contributed by atoms with E-state index < -0.39 is 0 Å². The number of benzene rings is 1.